The van der Waals surface area contributed by atoms with Gasteiger partial charge in [0.15, 0.2) is 0 Å². The second kappa shape index (κ2) is 4.84. The van der Waals surface area contributed by atoms with Crippen LogP contribution in [0.5, 0.6) is 0 Å². The predicted octanol–water partition coefficient (Wildman–Crippen LogP) is 2.53. The predicted molar refractivity (Wildman–Crippen MR) is 72.1 cm³/mol. The van der Waals surface area contributed by atoms with Gasteiger partial charge < -0.3 is 9.64 Å². The van der Waals surface area contributed by atoms with Crippen LogP contribution in [0.4, 0.5) is 10.1 Å². The topological polar surface area (TPSA) is 42.4 Å². The number of pyridine rings is 1. The van der Waals surface area contributed by atoms with Gasteiger partial charge in [0.2, 0.25) is 0 Å². The molecule has 1 aromatic carbocycles. The molecule has 0 amide bonds. The van der Waals surface area contributed by atoms with Gasteiger partial charge in [-0.15, -0.1) is 0 Å². The van der Waals surface area contributed by atoms with Crippen LogP contribution in [0.3, 0.4) is 0 Å². The highest BCUT2D eigenvalue weighted by molar-refractivity contribution is 6.06. The lowest BCUT2D eigenvalue weighted by molar-refractivity contribution is 0.0602. The molecule has 0 N–H and O–H groups in total. The van der Waals surface area contributed by atoms with Crippen molar-refractivity contribution in [2.45, 2.75) is 6.92 Å². The quantitative estimate of drug-likeness (QED) is 0.780. The van der Waals surface area contributed by atoms with Crippen LogP contribution in [-0.4, -0.2) is 32.2 Å². The Labute approximate surface area is 110 Å². The van der Waals surface area contributed by atoms with Crippen molar-refractivity contribution < 1.29 is 13.9 Å². The van der Waals surface area contributed by atoms with Gasteiger partial charge in [0.25, 0.3) is 0 Å². The lowest BCUT2D eigenvalue weighted by Crippen LogP contribution is -2.11. The molecule has 0 spiro atoms. The van der Waals surface area contributed by atoms with E-state index in [0.29, 0.717) is 10.9 Å². The number of ether oxygens (including phenoxy) is 1. The number of benzene rings is 1. The average molecular weight is 262 g/mol. The zero-order chi connectivity index (χ0) is 14.2. The van der Waals surface area contributed by atoms with Crippen molar-refractivity contribution in [3.05, 3.63) is 35.3 Å². The van der Waals surface area contributed by atoms with Gasteiger partial charge in [-0.1, -0.05) is 0 Å². The molecule has 2 rings (SSSR count). The van der Waals surface area contributed by atoms with E-state index in [4.69, 9.17) is 0 Å². The van der Waals surface area contributed by atoms with E-state index in [1.165, 1.54) is 13.2 Å². The Kier molecular flexibility index (Phi) is 3.38. The summed E-state index contributed by atoms with van der Waals surface area (Å²) in [5.74, 6) is -1.08. The number of halogens is 1. The summed E-state index contributed by atoms with van der Waals surface area (Å²) in [6.07, 6.45) is 0. The van der Waals surface area contributed by atoms with E-state index in [1.54, 1.807) is 0 Å². The number of hydrogen-bond donors (Lipinski definition) is 0. The minimum absolute atomic E-state index is 0.143. The maximum Gasteiger partial charge on any atom is 0.340 e. The molecule has 0 aliphatic rings. The van der Waals surface area contributed by atoms with Crippen LogP contribution in [0.15, 0.2) is 18.2 Å². The second-order valence-corrected chi connectivity index (χ2v) is 4.52. The number of aromatic nitrogens is 1. The molecule has 1 aromatic heterocycles. The van der Waals surface area contributed by atoms with Gasteiger partial charge in [0, 0.05) is 30.9 Å². The molecule has 1 heterocycles. The summed E-state index contributed by atoms with van der Waals surface area (Å²) in [7, 11) is 4.98. The van der Waals surface area contributed by atoms with Crippen LogP contribution in [0.1, 0.15) is 16.1 Å². The zero-order valence-corrected chi connectivity index (χ0v) is 11.3. The number of nitrogens with zero attached hydrogens (tertiary/aromatic N) is 2. The largest absolute Gasteiger partial charge is 0.465 e. The van der Waals surface area contributed by atoms with Gasteiger partial charge in [-0.2, -0.15) is 0 Å². The normalized spacial score (nSPS) is 10.6. The summed E-state index contributed by atoms with van der Waals surface area (Å²) in [6, 6.07) is 4.38. The molecule has 19 heavy (non-hydrogen) atoms. The number of carbonyl (C=O) groups excluding carboxylic acids is 1. The number of rotatable bonds is 2. The standard InChI is InChI=1S/C14H15FN2O2/c1-8-5-12(17(2)3)10-6-9(15)7-11(13(10)16-8)14(18)19-4/h5-7H,1-4H3. The first-order valence-electron chi connectivity index (χ1n) is 5.80. The summed E-state index contributed by atoms with van der Waals surface area (Å²) in [6.45, 7) is 1.83. The molecule has 0 saturated heterocycles. The van der Waals surface area contributed by atoms with Crippen LogP contribution >= 0.6 is 0 Å². The van der Waals surface area contributed by atoms with E-state index in [-0.39, 0.29) is 5.56 Å². The van der Waals surface area contributed by atoms with Crippen LogP contribution in [-0.2, 0) is 4.74 Å². The third kappa shape index (κ3) is 2.36. The molecule has 0 aliphatic carbocycles. The molecule has 100 valence electrons. The summed E-state index contributed by atoms with van der Waals surface area (Å²) in [5, 5.41) is 0.594. The molecule has 0 radical (unpaired) electrons. The highest BCUT2D eigenvalue weighted by Gasteiger charge is 2.17. The van der Waals surface area contributed by atoms with E-state index in [9.17, 15) is 9.18 Å². The fraction of sp³-hybridized carbons (Fsp3) is 0.286. The highest BCUT2D eigenvalue weighted by Crippen LogP contribution is 2.29. The van der Waals surface area contributed by atoms with Crippen molar-refractivity contribution in [2.24, 2.45) is 0 Å². The van der Waals surface area contributed by atoms with Crippen LogP contribution in [0, 0.1) is 12.7 Å². The monoisotopic (exact) mass is 262 g/mol. The Bertz CT molecular complexity index is 653. The Hall–Kier alpha value is -2.17. The third-order valence-corrected chi connectivity index (χ3v) is 2.87. The Morgan fingerprint density at radius 3 is 2.58 bits per heavy atom. The van der Waals surface area contributed by atoms with Crippen molar-refractivity contribution in [1.82, 2.24) is 4.98 Å². The molecule has 0 unspecified atom stereocenters. The molecule has 4 nitrogen and oxygen atoms in total. The maximum atomic E-state index is 13.7. The lowest BCUT2D eigenvalue weighted by Gasteiger charge is -2.17. The van der Waals surface area contributed by atoms with Crippen molar-refractivity contribution in [3.8, 4) is 0 Å². The van der Waals surface area contributed by atoms with Crippen LogP contribution < -0.4 is 4.90 Å². The van der Waals surface area contributed by atoms with Gasteiger partial charge in [-0.05, 0) is 25.1 Å². The number of anilines is 1. The van der Waals surface area contributed by atoms with Crippen LogP contribution in [0.25, 0.3) is 10.9 Å². The van der Waals surface area contributed by atoms with Crippen LogP contribution in [0.2, 0.25) is 0 Å². The number of hydrogen-bond acceptors (Lipinski definition) is 4. The fourth-order valence-electron chi connectivity index (χ4n) is 2.03. The minimum atomic E-state index is -0.590. The first-order valence-corrected chi connectivity index (χ1v) is 5.80. The molecular formula is C14H15FN2O2. The van der Waals surface area contributed by atoms with E-state index in [1.807, 2.05) is 32.0 Å². The summed E-state index contributed by atoms with van der Waals surface area (Å²) in [5.41, 5.74) is 2.17. The smallest absolute Gasteiger partial charge is 0.340 e. The second-order valence-electron chi connectivity index (χ2n) is 4.52. The third-order valence-electron chi connectivity index (χ3n) is 2.87. The summed E-state index contributed by atoms with van der Waals surface area (Å²) >= 11 is 0. The molecule has 2 aromatic rings. The zero-order valence-electron chi connectivity index (χ0n) is 11.3. The van der Waals surface area contributed by atoms with Gasteiger partial charge >= 0.3 is 5.97 Å². The SMILES string of the molecule is COC(=O)c1cc(F)cc2c(N(C)C)cc(C)nc12. The number of fused-ring (bicyclic) bond motifs is 1. The number of esters is 1. The number of aryl methyl sites for hydroxylation is 1. The first-order chi connectivity index (χ1) is 8.93. The molecule has 0 bridgehead atoms. The van der Waals surface area contributed by atoms with E-state index in [0.717, 1.165) is 17.4 Å². The van der Waals surface area contributed by atoms with E-state index >= 15 is 0 Å². The summed E-state index contributed by atoms with van der Waals surface area (Å²) in [4.78, 5) is 17.9. The molecule has 0 fully saturated rings. The number of methoxy groups -OCH3 is 1. The van der Waals surface area contributed by atoms with Gasteiger partial charge in [0.1, 0.15) is 5.82 Å². The van der Waals surface area contributed by atoms with Gasteiger partial charge in [-0.3, -0.25) is 4.98 Å². The molecule has 0 aliphatic heterocycles. The molecular weight excluding hydrogens is 247 g/mol. The van der Waals surface area contributed by atoms with Crippen molar-refractivity contribution in [3.63, 3.8) is 0 Å². The first kappa shape index (κ1) is 13.3. The Balaban J connectivity index is 2.88. The minimum Gasteiger partial charge on any atom is -0.465 e. The number of carbonyl (C=O) groups is 1. The van der Waals surface area contributed by atoms with Crippen molar-refractivity contribution in [2.75, 3.05) is 26.1 Å². The van der Waals surface area contributed by atoms with Crippen molar-refractivity contribution in [1.29, 1.82) is 0 Å². The lowest BCUT2D eigenvalue weighted by atomic mass is 10.1. The average Bonchev–Trinajstić information content (AvgIpc) is 2.36. The van der Waals surface area contributed by atoms with Gasteiger partial charge in [0.05, 0.1) is 18.2 Å². The van der Waals surface area contributed by atoms with Gasteiger partial charge in [-0.25, -0.2) is 9.18 Å². The molecule has 5 heteroatoms. The molecule has 0 saturated carbocycles. The molecule has 0 atom stereocenters. The Morgan fingerprint density at radius 2 is 2.00 bits per heavy atom. The fourth-order valence-corrected chi connectivity index (χ4v) is 2.03. The van der Waals surface area contributed by atoms with E-state index in [2.05, 4.69) is 9.72 Å². The maximum absolute atomic E-state index is 13.7. The van der Waals surface area contributed by atoms with E-state index < -0.39 is 11.8 Å². The highest BCUT2D eigenvalue weighted by atomic mass is 19.1. The Morgan fingerprint density at radius 1 is 1.32 bits per heavy atom. The van der Waals surface area contributed by atoms with Crippen molar-refractivity contribution >= 4 is 22.6 Å². The summed E-state index contributed by atoms with van der Waals surface area (Å²) < 4.78 is 18.4.